The Hall–Kier alpha value is -2.46. The Morgan fingerprint density at radius 3 is 2.73 bits per heavy atom. The van der Waals surface area contributed by atoms with Crippen molar-refractivity contribution in [3.63, 3.8) is 0 Å². The average molecular weight is 316 g/mol. The fourth-order valence-electron chi connectivity index (χ4n) is 2.45. The van der Waals surface area contributed by atoms with E-state index in [1.807, 2.05) is 6.92 Å². The van der Waals surface area contributed by atoms with Crippen molar-refractivity contribution in [2.45, 2.75) is 6.92 Å². The number of aryl methyl sites for hydroxylation is 1. The van der Waals surface area contributed by atoms with E-state index in [0.717, 1.165) is 5.56 Å². The maximum absolute atomic E-state index is 12.4. The summed E-state index contributed by atoms with van der Waals surface area (Å²) in [6, 6.07) is 10.4. The second kappa shape index (κ2) is 5.39. The van der Waals surface area contributed by atoms with Crippen molar-refractivity contribution in [1.29, 1.82) is 0 Å². The van der Waals surface area contributed by atoms with E-state index < -0.39 is 0 Å². The largest absolute Gasteiger partial charge is 0.506 e. The minimum Gasteiger partial charge on any atom is -0.506 e. The van der Waals surface area contributed by atoms with Crippen molar-refractivity contribution in [2.24, 2.45) is 0 Å². The summed E-state index contributed by atoms with van der Waals surface area (Å²) in [6.07, 6.45) is 0. The zero-order valence-corrected chi connectivity index (χ0v) is 12.9. The van der Waals surface area contributed by atoms with Crippen molar-refractivity contribution in [2.75, 3.05) is 7.11 Å². The molecule has 0 fully saturated rings. The third-order valence-electron chi connectivity index (χ3n) is 3.62. The van der Waals surface area contributed by atoms with E-state index in [1.165, 1.54) is 0 Å². The predicted molar refractivity (Wildman–Crippen MR) is 88.0 cm³/mol. The van der Waals surface area contributed by atoms with Gasteiger partial charge in [0.15, 0.2) is 0 Å². The monoisotopic (exact) mass is 315 g/mol. The van der Waals surface area contributed by atoms with Crippen molar-refractivity contribution in [3.05, 3.63) is 57.3 Å². The number of nitrogens with one attached hydrogen (secondary N) is 1. The summed E-state index contributed by atoms with van der Waals surface area (Å²) >= 11 is 6.07. The maximum Gasteiger partial charge on any atom is 0.260 e. The highest BCUT2D eigenvalue weighted by molar-refractivity contribution is 6.32. The number of halogens is 1. The van der Waals surface area contributed by atoms with Crippen molar-refractivity contribution in [1.82, 2.24) is 4.98 Å². The lowest BCUT2D eigenvalue weighted by atomic mass is 10.0. The van der Waals surface area contributed by atoms with Crippen molar-refractivity contribution in [3.8, 4) is 22.6 Å². The first-order valence-electron chi connectivity index (χ1n) is 6.71. The first-order valence-corrected chi connectivity index (χ1v) is 7.08. The Morgan fingerprint density at radius 2 is 2.00 bits per heavy atom. The summed E-state index contributed by atoms with van der Waals surface area (Å²) in [6.45, 7) is 1.84. The van der Waals surface area contributed by atoms with Gasteiger partial charge in [0.1, 0.15) is 11.5 Å². The maximum atomic E-state index is 12.4. The van der Waals surface area contributed by atoms with Crippen LogP contribution in [-0.2, 0) is 0 Å². The minimum absolute atomic E-state index is 0.0632. The SMILES string of the molecule is COc1cccc(-c2c(O)c3cc(C)c(Cl)cc3[nH]c2=O)c1. The third kappa shape index (κ3) is 2.31. The molecule has 0 atom stereocenters. The number of methoxy groups -OCH3 is 1. The summed E-state index contributed by atoms with van der Waals surface area (Å²) in [5.41, 5.74) is 1.76. The minimum atomic E-state index is -0.377. The molecule has 3 rings (SSSR count). The fraction of sp³-hybridized carbons (Fsp3) is 0.118. The average Bonchev–Trinajstić information content (AvgIpc) is 2.50. The molecule has 0 aliphatic rings. The Balaban J connectivity index is 2.34. The third-order valence-corrected chi connectivity index (χ3v) is 4.03. The molecular formula is C17H14ClNO3. The van der Waals surface area contributed by atoms with Gasteiger partial charge in [0.2, 0.25) is 0 Å². The molecule has 1 aromatic heterocycles. The molecule has 2 N–H and O–H groups in total. The molecule has 0 saturated carbocycles. The molecule has 0 amide bonds. The van der Waals surface area contributed by atoms with Gasteiger partial charge in [-0.1, -0.05) is 23.7 Å². The summed E-state index contributed by atoms with van der Waals surface area (Å²) in [5.74, 6) is 0.551. The Kier molecular flexibility index (Phi) is 3.54. The van der Waals surface area contributed by atoms with Crippen LogP contribution in [0.4, 0.5) is 0 Å². The second-order valence-corrected chi connectivity index (χ2v) is 5.46. The summed E-state index contributed by atoms with van der Waals surface area (Å²) < 4.78 is 5.17. The van der Waals surface area contributed by atoms with E-state index in [1.54, 1.807) is 43.5 Å². The lowest BCUT2D eigenvalue weighted by Gasteiger charge is -2.10. The fourth-order valence-corrected chi connectivity index (χ4v) is 2.62. The summed E-state index contributed by atoms with van der Waals surface area (Å²) in [5, 5.41) is 11.7. The topological polar surface area (TPSA) is 62.3 Å². The van der Waals surface area contributed by atoms with Gasteiger partial charge in [-0.05, 0) is 42.3 Å². The van der Waals surface area contributed by atoms with Gasteiger partial charge in [0.05, 0.1) is 18.2 Å². The number of ether oxygens (including phenoxy) is 1. The van der Waals surface area contributed by atoms with Gasteiger partial charge in [-0.25, -0.2) is 0 Å². The molecule has 3 aromatic rings. The number of hydrogen-bond acceptors (Lipinski definition) is 3. The van der Waals surface area contributed by atoms with E-state index in [9.17, 15) is 9.90 Å². The second-order valence-electron chi connectivity index (χ2n) is 5.06. The number of fused-ring (bicyclic) bond motifs is 1. The highest BCUT2D eigenvalue weighted by Gasteiger charge is 2.15. The molecular weight excluding hydrogens is 302 g/mol. The number of rotatable bonds is 2. The molecule has 1 heterocycles. The van der Waals surface area contributed by atoms with Gasteiger partial charge >= 0.3 is 0 Å². The van der Waals surface area contributed by atoms with Crippen LogP contribution in [0.1, 0.15) is 5.56 Å². The van der Waals surface area contributed by atoms with Crippen LogP contribution in [0.3, 0.4) is 0 Å². The lowest BCUT2D eigenvalue weighted by molar-refractivity contribution is 0.415. The van der Waals surface area contributed by atoms with E-state index in [0.29, 0.717) is 27.2 Å². The van der Waals surface area contributed by atoms with Crippen LogP contribution >= 0.6 is 11.6 Å². The van der Waals surface area contributed by atoms with Crippen LogP contribution in [0.2, 0.25) is 5.02 Å². The quantitative estimate of drug-likeness (QED) is 0.754. The molecule has 22 heavy (non-hydrogen) atoms. The molecule has 4 nitrogen and oxygen atoms in total. The van der Waals surface area contributed by atoms with Gasteiger partial charge in [-0.2, -0.15) is 0 Å². The van der Waals surface area contributed by atoms with Crippen molar-refractivity contribution < 1.29 is 9.84 Å². The molecule has 5 heteroatoms. The molecule has 2 aromatic carbocycles. The predicted octanol–water partition coefficient (Wildman–Crippen LogP) is 3.87. The van der Waals surface area contributed by atoms with Gasteiger partial charge in [-0.3, -0.25) is 4.79 Å². The number of aromatic amines is 1. The van der Waals surface area contributed by atoms with Gasteiger partial charge in [-0.15, -0.1) is 0 Å². The number of benzene rings is 2. The zero-order chi connectivity index (χ0) is 15.9. The number of hydrogen-bond donors (Lipinski definition) is 2. The van der Waals surface area contributed by atoms with Gasteiger partial charge < -0.3 is 14.8 Å². The number of aromatic hydroxyl groups is 1. The summed E-state index contributed by atoms with van der Waals surface area (Å²) in [4.78, 5) is 15.1. The van der Waals surface area contributed by atoms with E-state index >= 15 is 0 Å². The van der Waals surface area contributed by atoms with Crippen LogP contribution in [0.15, 0.2) is 41.2 Å². The molecule has 0 bridgehead atoms. The molecule has 0 saturated heterocycles. The molecule has 0 unspecified atom stereocenters. The van der Waals surface area contributed by atoms with Crippen LogP contribution < -0.4 is 10.3 Å². The van der Waals surface area contributed by atoms with E-state index in [4.69, 9.17) is 16.3 Å². The Morgan fingerprint density at radius 1 is 1.23 bits per heavy atom. The standard InChI is InChI=1S/C17H14ClNO3/c1-9-6-12-14(8-13(9)18)19-17(21)15(16(12)20)10-4-3-5-11(7-10)22-2/h3-8H,1-2H3,(H2,19,20,21). The van der Waals surface area contributed by atoms with E-state index in [-0.39, 0.29) is 16.9 Å². The molecule has 0 aliphatic carbocycles. The van der Waals surface area contributed by atoms with Crippen LogP contribution in [-0.4, -0.2) is 17.2 Å². The summed E-state index contributed by atoms with van der Waals surface area (Å²) in [7, 11) is 1.55. The Bertz CT molecular complexity index is 931. The van der Waals surface area contributed by atoms with Crippen LogP contribution in [0.5, 0.6) is 11.5 Å². The first kappa shape index (κ1) is 14.5. The Labute approximate surface area is 131 Å². The number of pyridine rings is 1. The molecule has 0 radical (unpaired) electrons. The number of aromatic nitrogens is 1. The van der Waals surface area contributed by atoms with Gasteiger partial charge in [0.25, 0.3) is 5.56 Å². The van der Waals surface area contributed by atoms with E-state index in [2.05, 4.69) is 4.98 Å². The first-order chi connectivity index (χ1) is 10.5. The number of H-pyrrole nitrogens is 1. The lowest BCUT2D eigenvalue weighted by Crippen LogP contribution is -2.09. The zero-order valence-electron chi connectivity index (χ0n) is 12.1. The molecule has 0 aliphatic heterocycles. The normalized spacial score (nSPS) is 10.9. The van der Waals surface area contributed by atoms with Crippen LogP contribution in [0, 0.1) is 6.92 Å². The highest BCUT2D eigenvalue weighted by Crippen LogP contribution is 2.35. The van der Waals surface area contributed by atoms with Gasteiger partial charge in [0, 0.05) is 10.4 Å². The van der Waals surface area contributed by atoms with Crippen molar-refractivity contribution >= 4 is 22.5 Å². The highest BCUT2D eigenvalue weighted by atomic mass is 35.5. The molecule has 0 spiro atoms. The van der Waals surface area contributed by atoms with Crippen LogP contribution in [0.25, 0.3) is 22.0 Å². The smallest absolute Gasteiger partial charge is 0.260 e. The molecule has 112 valence electrons.